The number of thioether (sulfide) groups is 2. The zero-order valence-electron chi connectivity index (χ0n) is 13.4. The Hall–Kier alpha value is -0.900. The molecule has 2 aromatic carbocycles. The van der Waals surface area contributed by atoms with E-state index in [-0.39, 0.29) is 15.8 Å². The van der Waals surface area contributed by atoms with Crippen molar-refractivity contribution in [3.8, 4) is 0 Å². The maximum absolute atomic E-state index is 6.77. The van der Waals surface area contributed by atoms with E-state index >= 15 is 0 Å². The number of benzene rings is 2. The van der Waals surface area contributed by atoms with Crippen molar-refractivity contribution in [2.45, 2.75) is 35.5 Å². The molecule has 23 heavy (non-hydrogen) atoms. The van der Waals surface area contributed by atoms with E-state index in [1.165, 1.54) is 29.1 Å². The zero-order valence-corrected chi connectivity index (χ0v) is 15.0. The lowest BCUT2D eigenvalue weighted by Crippen LogP contribution is -2.42. The van der Waals surface area contributed by atoms with E-state index in [0.29, 0.717) is 0 Å². The molecule has 0 unspecified atom stereocenters. The van der Waals surface area contributed by atoms with Crippen LogP contribution in [0.2, 0.25) is 0 Å². The second-order valence-corrected chi connectivity index (χ2v) is 9.47. The van der Waals surface area contributed by atoms with Crippen LogP contribution in [0.15, 0.2) is 60.7 Å². The molecular weight excluding hydrogens is 320 g/mol. The van der Waals surface area contributed by atoms with Gasteiger partial charge in [-0.15, -0.1) is 23.5 Å². The molecule has 0 saturated carbocycles. The Balaban J connectivity index is 1.76. The highest BCUT2D eigenvalue weighted by molar-refractivity contribution is 8.18. The average Bonchev–Trinajstić information content (AvgIpc) is 2.91. The van der Waals surface area contributed by atoms with E-state index in [1.54, 1.807) is 0 Å². The van der Waals surface area contributed by atoms with E-state index in [9.17, 15) is 0 Å². The molecule has 0 aromatic heterocycles. The molecule has 2 aliphatic rings. The van der Waals surface area contributed by atoms with Gasteiger partial charge in [0.2, 0.25) is 0 Å². The SMILES string of the molecule is C[C@@]1(c2ccccc2)O[C@H](c2ccccc2)CC12SCCCS2. The predicted octanol–water partition coefficient (Wildman–Crippen LogP) is 5.63. The Bertz CT molecular complexity index is 652. The second-order valence-electron chi connectivity index (χ2n) is 6.42. The first kappa shape index (κ1) is 15.6. The molecule has 2 aromatic rings. The van der Waals surface area contributed by atoms with Crippen LogP contribution in [0.25, 0.3) is 0 Å². The summed E-state index contributed by atoms with van der Waals surface area (Å²) in [7, 11) is 0. The normalized spacial score (nSPS) is 29.7. The van der Waals surface area contributed by atoms with Gasteiger partial charge in [0.15, 0.2) is 0 Å². The summed E-state index contributed by atoms with van der Waals surface area (Å²) in [5.41, 5.74) is 2.36. The standard InChI is InChI=1S/C20H22OS2/c1-19(17-11-6-3-7-12-17)20(22-13-8-14-23-20)15-18(21-19)16-9-4-2-5-10-16/h2-7,9-12,18H,8,13-15H2,1H3/t18-,19-/m0/s1. The molecule has 2 atom stereocenters. The minimum Gasteiger partial charge on any atom is -0.360 e. The van der Waals surface area contributed by atoms with Crippen molar-refractivity contribution >= 4 is 23.5 Å². The minimum atomic E-state index is -0.246. The lowest BCUT2D eigenvalue weighted by atomic mass is 9.91. The van der Waals surface area contributed by atoms with Gasteiger partial charge in [-0.2, -0.15) is 0 Å². The Morgan fingerprint density at radius 2 is 1.52 bits per heavy atom. The molecule has 2 fully saturated rings. The first-order valence-corrected chi connectivity index (χ1v) is 10.3. The van der Waals surface area contributed by atoms with Gasteiger partial charge in [0.1, 0.15) is 5.60 Å². The molecule has 0 aliphatic carbocycles. The van der Waals surface area contributed by atoms with Crippen molar-refractivity contribution in [3.05, 3.63) is 71.8 Å². The monoisotopic (exact) mass is 342 g/mol. The van der Waals surface area contributed by atoms with Crippen molar-refractivity contribution in [1.29, 1.82) is 0 Å². The van der Waals surface area contributed by atoms with Crippen molar-refractivity contribution in [2.75, 3.05) is 11.5 Å². The van der Waals surface area contributed by atoms with Crippen molar-refractivity contribution in [3.63, 3.8) is 0 Å². The van der Waals surface area contributed by atoms with E-state index in [4.69, 9.17) is 4.74 Å². The summed E-state index contributed by atoms with van der Waals surface area (Å²) < 4.78 is 6.89. The molecule has 120 valence electrons. The molecule has 2 aliphatic heterocycles. The topological polar surface area (TPSA) is 9.23 Å². The van der Waals surface area contributed by atoms with Crippen LogP contribution in [0, 0.1) is 0 Å². The molecule has 0 amide bonds. The largest absolute Gasteiger partial charge is 0.360 e. The molecule has 3 heteroatoms. The third kappa shape index (κ3) is 2.63. The van der Waals surface area contributed by atoms with E-state index in [0.717, 1.165) is 6.42 Å². The van der Waals surface area contributed by atoms with Gasteiger partial charge in [-0.3, -0.25) is 0 Å². The minimum absolute atomic E-state index is 0.118. The average molecular weight is 343 g/mol. The van der Waals surface area contributed by atoms with Gasteiger partial charge in [0.25, 0.3) is 0 Å². The summed E-state index contributed by atoms with van der Waals surface area (Å²) in [4.78, 5) is 0. The first-order valence-electron chi connectivity index (χ1n) is 8.30. The smallest absolute Gasteiger partial charge is 0.115 e. The summed E-state index contributed by atoms with van der Waals surface area (Å²) in [6.45, 7) is 2.30. The van der Waals surface area contributed by atoms with Crippen LogP contribution in [0.1, 0.15) is 37.0 Å². The van der Waals surface area contributed by atoms with Crippen LogP contribution in [-0.2, 0) is 10.3 Å². The molecule has 1 nitrogen and oxygen atoms in total. The van der Waals surface area contributed by atoms with E-state index < -0.39 is 0 Å². The summed E-state index contributed by atoms with van der Waals surface area (Å²) in [5.74, 6) is 2.47. The fraction of sp³-hybridized carbons (Fsp3) is 0.400. The molecule has 0 N–H and O–H groups in total. The molecule has 2 saturated heterocycles. The maximum atomic E-state index is 6.77. The van der Waals surface area contributed by atoms with Crippen molar-refractivity contribution < 1.29 is 4.74 Å². The highest BCUT2D eigenvalue weighted by Crippen LogP contribution is 2.64. The van der Waals surface area contributed by atoms with Crippen LogP contribution >= 0.6 is 23.5 Å². The van der Waals surface area contributed by atoms with Gasteiger partial charge in [-0.05, 0) is 36.0 Å². The maximum Gasteiger partial charge on any atom is 0.115 e. The Kier molecular flexibility index (Phi) is 4.21. The molecule has 1 spiro atoms. The van der Waals surface area contributed by atoms with Gasteiger partial charge in [0, 0.05) is 6.42 Å². The molecular formula is C20H22OS2. The predicted molar refractivity (Wildman–Crippen MR) is 101 cm³/mol. The van der Waals surface area contributed by atoms with Crippen molar-refractivity contribution in [1.82, 2.24) is 0 Å². The zero-order chi connectivity index (χ0) is 15.8. The molecule has 4 rings (SSSR count). The highest BCUT2D eigenvalue weighted by Gasteiger charge is 2.59. The van der Waals surface area contributed by atoms with Crippen LogP contribution < -0.4 is 0 Å². The van der Waals surface area contributed by atoms with Gasteiger partial charge in [-0.1, -0.05) is 60.7 Å². The summed E-state index contributed by atoms with van der Waals surface area (Å²) in [5, 5.41) is 0. The fourth-order valence-electron chi connectivity index (χ4n) is 3.72. The Morgan fingerprint density at radius 1 is 0.913 bits per heavy atom. The van der Waals surface area contributed by atoms with E-state index in [1.807, 2.05) is 0 Å². The van der Waals surface area contributed by atoms with Gasteiger partial charge < -0.3 is 4.74 Å². The van der Waals surface area contributed by atoms with Crippen LogP contribution in [0.3, 0.4) is 0 Å². The van der Waals surface area contributed by atoms with Crippen LogP contribution in [0.4, 0.5) is 0 Å². The molecule has 2 heterocycles. The summed E-state index contributed by atoms with van der Waals surface area (Å²) in [6, 6.07) is 21.5. The Labute approximate surface area is 147 Å². The lowest BCUT2D eigenvalue weighted by molar-refractivity contribution is -0.0350. The number of rotatable bonds is 2. The fourth-order valence-corrected chi connectivity index (χ4v) is 7.39. The number of hydrogen-bond donors (Lipinski definition) is 0. The molecule has 0 radical (unpaired) electrons. The van der Waals surface area contributed by atoms with E-state index in [2.05, 4.69) is 91.1 Å². The molecule has 0 bridgehead atoms. The summed E-state index contributed by atoms with van der Waals surface area (Å²) >= 11 is 4.22. The number of hydrogen-bond acceptors (Lipinski definition) is 3. The number of ether oxygens (including phenoxy) is 1. The third-order valence-corrected chi connectivity index (χ3v) is 8.75. The van der Waals surface area contributed by atoms with Crippen LogP contribution in [0.5, 0.6) is 0 Å². The van der Waals surface area contributed by atoms with Crippen LogP contribution in [-0.4, -0.2) is 15.6 Å². The Morgan fingerprint density at radius 3 is 2.17 bits per heavy atom. The lowest BCUT2D eigenvalue weighted by Gasteiger charge is -2.43. The first-order chi connectivity index (χ1) is 11.2. The van der Waals surface area contributed by atoms with Crippen molar-refractivity contribution in [2.24, 2.45) is 0 Å². The van der Waals surface area contributed by atoms with Gasteiger partial charge >= 0.3 is 0 Å². The van der Waals surface area contributed by atoms with Gasteiger partial charge in [0.05, 0.1) is 10.2 Å². The highest BCUT2D eigenvalue weighted by atomic mass is 32.2. The third-order valence-electron chi connectivity index (χ3n) is 5.01. The quantitative estimate of drug-likeness (QED) is 0.700. The summed E-state index contributed by atoms with van der Waals surface area (Å²) in [6.07, 6.45) is 2.56. The second kappa shape index (κ2) is 6.19. The van der Waals surface area contributed by atoms with Gasteiger partial charge in [-0.25, -0.2) is 0 Å².